The molecule has 3 heteroatoms. The number of rotatable bonds is 0. The number of anilines is 1. The van der Waals surface area contributed by atoms with E-state index in [1.807, 2.05) is 6.07 Å². The van der Waals surface area contributed by atoms with Crippen molar-refractivity contribution in [3.8, 4) is 5.75 Å². The third-order valence-electron chi connectivity index (χ3n) is 2.62. The predicted molar refractivity (Wildman–Crippen MR) is 52.5 cm³/mol. The maximum absolute atomic E-state index is 9.40. The smallest absolute Gasteiger partial charge is 0.138 e. The fourth-order valence-corrected chi connectivity index (χ4v) is 1.84. The van der Waals surface area contributed by atoms with Crippen molar-refractivity contribution in [2.45, 2.75) is 25.3 Å². The number of aryl methyl sites for hydroxylation is 1. The van der Waals surface area contributed by atoms with Crippen molar-refractivity contribution in [2.75, 3.05) is 5.73 Å². The van der Waals surface area contributed by atoms with Gasteiger partial charge in [0.05, 0.1) is 5.69 Å². The Hall–Kier alpha value is -1.22. The van der Waals surface area contributed by atoms with Crippen LogP contribution in [0.2, 0.25) is 0 Å². The molecule has 1 aliphatic rings. The number of nitrogens with two attached hydrogens (primary N) is 2. The number of hydrogen-bond donors (Lipinski definition) is 3. The Kier molecular flexibility index (Phi) is 1.88. The molecule has 0 radical (unpaired) electrons. The van der Waals surface area contributed by atoms with Gasteiger partial charge in [0, 0.05) is 6.04 Å². The number of fused-ring (bicyclic) bond motifs is 1. The molecular formula is C10H14N2O. The lowest BCUT2D eigenvalue weighted by molar-refractivity contribution is 0.474. The van der Waals surface area contributed by atoms with Crippen LogP contribution in [0.25, 0.3) is 0 Å². The molecule has 1 aromatic carbocycles. The second-order valence-corrected chi connectivity index (χ2v) is 3.68. The minimum Gasteiger partial charge on any atom is -0.506 e. The lowest BCUT2D eigenvalue weighted by Gasteiger charge is -2.21. The van der Waals surface area contributed by atoms with Gasteiger partial charge in [0.1, 0.15) is 5.75 Å². The highest BCUT2D eigenvalue weighted by Crippen LogP contribution is 2.29. The quantitative estimate of drug-likeness (QED) is 0.406. The number of benzene rings is 1. The summed E-state index contributed by atoms with van der Waals surface area (Å²) < 4.78 is 0. The molecule has 0 saturated heterocycles. The normalized spacial score (nSPS) is 21.2. The zero-order valence-corrected chi connectivity index (χ0v) is 7.46. The van der Waals surface area contributed by atoms with Crippen LogP contribution in [0.5, 0.6) is 5.75 Å². The number of aromatic hydroxyl groups is 1. The average Bonchev–Trinajstić information content (AvgIpc) is 2.08. The van der Waals surface area contributed by atoms with Crippen molar-refractivity contribution < 1.29 is 5.11 Å². The molecule has 1 unspecified atom stereocenters. The highest BCUT2D eigenvalue weighted by molar-refractivity contribution is 5.56. The third kappa shape index (κ3) is 1.47. The summed E-state index contributed by atoms with van der Waals surface area (Å²) in [4.78, 5) is 0. The van der Waals surface area contributed by atoms with Crippen LogP contribution in [-0.2, 0) is 12.8 Å². The SMILES string of the molecule is Nc1cc2c(cc1O)CC(N)CC2. The minimum atomic E-state index is 0.174. The van der Waals surface area contributed by atoms with Gasteiger partial charge in [0.15, 0.2) is 0 Å². The summed E-state index contributed by atoms with van der Waals surface area (Å²) in [6, 6.07) is 3.83. The van der Waals surface area contributed by atoms with Gasteiger partial charge < -0.3 is 16.6 Å². The fraction of sp³-hybridized carbons (Fsp3) is 0.400. The Bertz CT molecular complexity index is 336. The van der Waals surface area contributed by atoms with Crippen LogP contribution >= 0.6 is 0 Å². The molecule has 0 bridgehead atoms. The Morgan fingerprint density at radius 1 is 1.31 bits per heavy atom. The van der Waals surface area contributed by atoms with Crippen LogP contribution in [0.3, 0.4) is 0 Å². The molecule has 13 heavy (non-hydrogen) atoms. The van der Waals surface area contributed by atoms with E-state index in [4.69, 9.17) is 11.5 Å². The van der Waals surface area contributed by atoms with Gasteiger partial charge >= 0.3 is 0 Å². The van der Waals surface area contributed by atoms with Crippen LogP contribution in [0.4, 0.5) is 5.69 Å². The van der Waals surface area contributed by atoms with Crippen LogP contribution in [-0.4, -0.2) is 11.1 Å². The highest BCUT2D eigenvalue weighted by Gasteiger charge is 2.16. The van der Waals surface area contributed by atoms with Crippen LogP contribution < -0.4 is 11.5 Å². The van der Waals surface area contributed by atoms with Crippen molar-refractivity contribution in [2.24, 2.45) is 5.73 Å². The topological polar surface area (TPSA) is 72.3 Å². The number of nitrogen functional groups attached to an aromatic ring is 1. The third-order valence-corrected chi connectivity index (χ3v) is 2.62. The van der Waals surface area contributed by atoms with Gasteiger partial charge in [-0.1, -0.05) is 0 Å². The molecule has 0 spiro atoms. The van der Waals surface area contributed by atoms with Crippen molar-refractivity contribution in [1.82, 2.24) is 0 Å². The Balaban J connectivity index is 2.43. The number of phenolic OH excluding ortho intramolecular Hbond substituents is 1. The molecule has 3 nitrogen and oxygen atoms in total. The number of hydrogen-bond acceptors (Lipinski definition) is 3. The summed E-state index contributed by atoms with van der Waals surface area (Å²) in [6.07, 6.45) is 2.83. The average molecular weight is 178 g/mol. The summed E-state index contributed by atoms with van der Waals surface area (Å²) in [5, 5.41) is 9.40. The standard InChI is InChI=1S/C10H14N2O/c11-8-2-1-6-4-9(12)10(13)5-7(6)3-8/h4-5,8,13H,1-3,11-12H2. The van der Waals surface area contributed by atoms with Gasteiger partial charge in [-0.15, -0.1) is 0 Å². The molecule has 0 aliphatic heterocycles. The minimum absolute atomic E-state index is 0.174. The van der Waals surface area contributed by atoms with E-state index in [1.54, 1.807) is 6.07 Å². The predicted octanol–water partition coefficient (Wildman–Crippen LogP) is 0.790. The molecule has 1 aromatic rings. The summed E-state index contributed by atoms with van der Waals surface area (Å²) >= 11 is 0. The van der Waals surface area contributed by atoms with E-state index in [1.165, 1.54) is 5.56 Å². The Morgan fingerprint density at radius 2 is 2.08 bits per heavy atom. The van der Waals surface area contributed by atoms with Crippen LogP contribution in [0, 0.1) is 0 Å². The molecule has 1 aliphatic carbocycles. The Labute approximate surface area is 77.4 Å². The summed E-state index contributed by atoms with van der Waals surface area (Å²) in [7, 11) is 0. The van der Waals surface area contributed by atoms with Gasteiger partial charge in [-0.05, 0) is 42.5 Å². The van der Waals surface area contributed by atoms with Crippen molar-refractivity contribution in [3.63, 3.8) is 0 Å². The maximum Gasteiger partial charge on any atom is 0.138 e. The van der Waals surface area contributed by atoms with Crippen LogP contribution in [0.1, 0.15) is 17.5 Å². The van der Waals surface area contributed by atoms with Gasteiger partial charge in [-0.2, -0.15) is 0 Å². The number of phenols is 1. The van der Waals surface area contributed by atoms with Crippen molar-refractivity contribution >= 4 is 5.69 Å². The lowest BCUT2D eigenvalue weighted by atomic mass is 9.88. The second-order valence-electron chi connectivity index (χ2n) is 3.68. The summed E-state index contributed by atoms with van der Waals surface area (Å²) in [5.41, 5.74) is 14.3. The van der Waals surface area contributed by atoms with E-state index >= 15 is 0 Å². The van der Waals surface area contributed by atoms with E-state index in [0.29, 0.717) is 5.69 Å². The largest absolute Gasteiger partial charge is 0.506 e. The maximum atomic E-state index is 9.40. The summed E-state index contributed by atoms with van der Waals surface area (Å²) in [6.45, 7) is 0. The van der Waals surface area contributed by atoms with Crippen molar-refractivity contribution in [1.29, 1.82) is 0 Å². The highest BCUT2D eigenvalue weighted by atomic mass is 16.3. The first-order valence-corrected chi connectivity index (χ1v) is 4.52. The van der Waals surface area contributed by atoms with E-state index in [2.05, 4.69) is 0 Å². The monoisotopic (exact) mass is 178 g/mol. The Morgan fingerprint density at radius 3 is 2.85 bits per heavy atom. The van der Waals surface area contributed by atoms with E-state index in [0.717, 1.165) is 24.8 Å². The zero-order chi connectivity index (χ0) is 9.42. The lowest BCUT2D eigenvalue weighted by Crippen LogP contribution is -2.27. The van der Waals surface area contributed by atoms with E-state index < -0.39 is 0 Å². The molecule has 0 heterocycles. The van der Waals surface area contributed by atoms with Gasteiger partial charge in [-0.25, -0.2) is 0 Å². The van der Waals surface area contributed by atoms with Crippen molar-refractivity contribution in [3.05, 3.63) is 23.3 Å². The molecule has 0 amide bonds. The van der Waals surface area contributed by atoms with E-state index in [9.17, 15) is 5.11 Å². The molecule has 1 atom stereocenters. The molecular weight excluding hydrogens is 164 g/mol. The van der Waals surface area contributed by atoms with Gasteiger partial charge in [-0.3, -0.25) is 0 Å². The first-order valence-electron chi connectivity index (χ1n) is 4.52. The molecule has 5 N–H and O–H groups in total. The molecule has 70 valence electrons. The fourth-order valence-electron chi connectivity index (χ4n) is 1.84. The first-order chi connectivity index (χ1) is 6.16. The van der Waals surface area contributed by atoms with Gasteiger partial charge in [0.25, 0.3) is 0 Å². The molecule has 2 rings (SSSR count). The molecule has 0 fully saturated rings. The molecule has 0 saturated carbocycles. The van der Waals surface area contributed by atoms with Gasteiger partial charge in [0.2, 0.25) is 0 Å². The first kappa shape index (κ1) is 8.38. The second kappa shape index (κ2) is 2.92. The molecule has 0 aromatic heterocycles. The zero-order valence-electron chi connectivity index (χ0n) is 7.46. The van der Waals surface area contributed by atoms with Crippen LogP contribution in [0.15, 0.2) is 12.1 Å². The van der Waals surface area contributed by atoms with E-state index in [-0.39, 0.29) is 11.8 Å². The summed E-state index contributed by atoms with van der Waals surface area (Å²) in [5.74, 6) is 0.174.